The minimum Gasteiger partial charge on any atom is -0.377 e. The number of nitrogens with zero attached hydrogens (tertiary/aromatic N) is 1. The third-order valence-electron chi connectivity index (χ3n) is 3.69. The second kappa shape index (κ2) is 12.7. The number of aromatic nitrogens is 1. The highest BCUT2D eigenvalue weighted by molar-refractivity contribution is 9.09. The molecule has 6 N–H and O–H groups in total. The Hall–Kier alpha value is -2.71. The number of thiazole rings is 1. The molecule has 2 aromatic carbocycles. The van der Waals surface area contributed by atoms with E-state index in [0.29, 0.717) is 16.4 Å². The van der Waals surface area contributed by atoms with Gasteiger partial charge in [0, 0.05) is 16.5 Å². The van der Waals surface area contributed by atoms with E-state index in [1.807, 2.05) is 0 Å². The van der Waals surface area contributed by atoms with Crippen LogP contribution in [0.2, 0.25) is 0 Å². The zero-order valence-corrected chi connectivity index (χ0v) is 20.2. The van der Waals surface area contributed by atoms with Crippen LogP contribution in [0, 0.1) is 0 Å². The zero-order chi connectivity index (χ0) is 26.1. The van der Waals surface area contributed by atoms with Crippen molar-refractivity contribution in [3.63, 3.8) is 0 Å². The smallest absolute Gasteiger partial charge is 0.377 e. The van der Waals surface area contributed by atoms with Gasteiger partial charge < -0.3 is 17.2 Å². The molecule has 0 fully saturated rings. The third kappa shape index (κ3) is 10.1. The van der Waals surface area contributed by atoms with Crippen LogP contribution < -0.4 is 17.2 Å². The summed E-state index contributed by atoms with van der Waals surface area (Å²) in [7, 11) is 0. The van der Waals surface area contributed by atoms with Crippen molar-refractivity contribution in [1.82, 2.24) is 4.98 Å². The molecule has 0 atom stereocenters. The number of hydrogen-bond donors (Lipinski definition) is 3. The molecule has 34 heavy (non-hydrogen) atoms. The van der Waals surface area contributed by atoms with Crippen LogP contribution in [0.3, 0.4) is 0 Å². The predicted molar refractivity (Wildman–Crippen MR) is 128 cm³/mol. The zero-order valence-electron chi connectivity index (χ0n) is 17.0. The molecule has 1 aromatic heterocycles. The number of hydrogen-bond acceptors (Lipinski definition) is 5. The molecular formula is C20H17BrF6N4OS2. The van der Waals surface area contributed by atoms with Gasteiger partial charge in [-0.2, -0.15) is 26.3 Å². The van der Waals surface area contributed by atoms with Gasteiger partial charge in [-0.25, -0.2) is 4.98 Å². The second-order valence-corrected chi connectivity index (χ2v) is 8.10. The van der Waals surface area contributed by atoms with Crippen LogP contribution in [0.15, 0.2) is 53.9 Å². The van der Waals surface area contributed by atoms with Gasteiger partial charge in [0.05, 0.1) is 22.2 Å². The second-order valence-electron chi connectivity index (χ2n) is 6.18. The molecule has 0 saturated heterocycles. The van der Waals surface area contributed by atoms with Gasteiger partial charge in [0.2, 0.25) is 0 Å². The molecule has 14 heteroatoms. The number of ketones is 1. The minimum atomic E-state index is -4.35. The maximum absolute atomic E-state index is 12.3. The average molecular weight is 587 g/mol. The van der Waals surface area contributed by atoms with Crippen molar-refractivity contribution in [3.8, 4) is 11.3 Å². The summed E-state index contributed by atoms with van der Waals surface area (Å²) >= 11 is 8.28. The van der Waals surface area contributed by atoms with E-state index in [2.05, 4.69) is 44.6 Å². The van der Waals surface area contributed by atoms with E-state index in [1.54, 1.807) is 5.38 Å². The number of Topliss-reactive ketones (excluding diaryl/α,β-unsaturated/α-hetero) is 1. The molecule has 1 heterocycles. The van der Waals surface area contributed by atoms with E-state index < -0.39 is 23.5 Å². The summed E-state index contributed by atoms with van der Waals surface area (Å²) in [5.41, 5.74) is 14.8. The minimum absolute atomic E-state index is 0.000000000000000222. The molecule has 5 nitrogen and oxygen atoms in total. The lowest BCUT2D eigenvalue weighted by atomic mass is 10.1. The standard InChI is InChI=1S/C10H7F3N2S.C9H6BrF3O.CH4N2S/c11-10(12,13)7-3-1-6(2-4-7)8-5-16-9(14)15-8;10-5-8(14)6-1-3-7(4-2-6)9(11,12)13;2-1(3)4/h1-5H,(H2,14,15);1-4H,5H2;(H4,2,3,4). The maximum Gasteiger partial charge on any atom is 0.416 e. The summed E-state index contributed by atoms with van der Waals surface area (Å²) in [5, 5.41) is 2.21. The fourth-order valence-corrected chi connectivity index (χ4v) is 3.07. The summed E-state index contributed by atoms with van der Waals surface area (Å²) in [4.78, 5) is 15.0. The highest BCUT2D eigenvalue weighted by Gasteiger charge is 2.30. The first kappa shape index (κ1) is 29.3. The van der Waals surface area contributed by atoms with Gasteiger partial charge in [0.25, 0.3) is 0 Å². The summed E-state index contributed by atoms with van der Waals surface area (Å²) in [5.74, 6) is -0.237. The first-order valence-corrected chi connectivity index (χ1v) is 11.3. The van der Waals surface area contributed by atoms with Gasteiger partial charge in [-0.15, -0.1) is 11.3 Å². The molecule has 0 aliphatic carbocycles. The third-order valence-corrected chi connectivity index (χ3v) is 4.87. The molecule has 184 valence electrons. The van der Waals surface area contributed by atoms with Gasteiger partial charge in [0.1, 0.15) is 0 Å². The molecule has 0 aliphatic rings. The van der Waals surface area contributed by atoms with Crippen molar-refractivity contribution in [2.24, 2.45) is 11.5 Å². The van der Waals surface area contributed by atoms with Gasteiger partial charge >= 0.3 is 12.4 Å². The Kier molecular flexibility index (Phi) is 10.9. The number of carbonyl (C=O) groups excluding carboxylic acids is 1. The molecule has 3 rings (SSSR count). The summed E-state index contributed by atoms with van der Waals surface area (Å²) in [6, 6.07) is 8.98. The SMILES string of the molecule is NC(N)=S.Nc1nc(-c2ccc(C(F)(F)F)cc2)cs1.O=C(CBr)c1ccc(C(F)(F)F)cc1. The number of carbonyl (C=O) groups is 1. The van der Waals surface area contributed by atoms with E-state index >= 15 is 0 Å². The normalized spacial score (nSPS) is 10.9. The topological polar surface area (TPSA) is 108 Å². The number of thiocarbonyl (C=S) groups is 1. The van der Waals surface area contributed by atoms with E-state index in [9.17, 15) is 31.1 Å². The van der Waals surface area contributed by atoms with Crippen molar-refractivity contribution in [3.05, 3.63) is 70.6 Å². The maximum atomic E-state index is 12.3. The average Bonchev–Trinajstić information content (AvgIpc) is 3.18. The molecule has 0 saturated carbocycles. The van der Waals surface area contributed by atoms with E-state index in [-0.39, 0.29) is 21.8 Å². The van der Waals surface area contributed by atoms with Crippen LogP contribution in [0.25, 0.3) is 11.3 Å². The molecule has 0 aliphatic heterocycles. The summed E-state index contributed by atoms with van der Waals surface area (Å²) in [6.07, 6.45) is -8.66. The predicted octanol–water partition coefficient (Wildman–Crippen LogP) is 5.88. The summed E-state index contributed by atoms with van der Waals surface area (Å²) in [6.45, 7) is 0. The number of benzene rings is 2. The number of nitrogens with two attached hydrogens (primary N) is 3. The monoisotopic (exact) mass is 586 g/mol. The molecule has 0 amide bonds. The van der Waals surface area contributed by atoms with Crippen LogP contribution in [0.1, 0.15) is 21.5 Å². The number of alkyl halides is 7. The molecular weight excluding hydrogens is 570 g/mol. The number of anilines is 1. The Morgan fingerprint density at radius 1 is 0.912 bits per heavy atom. The highest BCUT2D eigenvalue weighted by Crippen LogP contribution is 2.31. The lowest BCUT2D eigenvalue weighted by molar-refractivity contribution is -0.138. The summed E-state index contributed by atoms with van der Waals surface area (Å²) < 4.78 is 73.2. The Balaban J connectivity index is 0.000000297. The molecule has 0 unspecified atom stereocenters. The Morgan fingerprint density at radius 3 is 1.65 bits per heavy atom. The largest absolute Gasteiger partial charge is 0.416 e. The lowest BCUT2D eigenvalue weighted by Gasteiger charge is -2.06. The molecule has 3 aromatic rings. The lowest BCUT2D eigenvalue weighted by Crippen LogP contribution is -2.18. The van der Waals surface area contributed by atoms with E-state index in [1.165, 1.54) is 35.6 Å². The molecule has 0 radical (unpaired) electrons. The van der Waals surface area contributed by atoms with E-state index in [4.69, 9.17) is 5.73 Å². The quantitative estimate of drug-likeness (QED) is 0.153. The highest BCUT2D eigenvalue weighted by atomic mass is 79.9. The fourth-order valence-electron chi connectivity index (χ4n) is 2.17. The Morgan fingerprint density at radius 2 is 1.32 bits per heavy atom. The number of nitrogen functional groups attached to an aromatic ring is 1. The molecule has 0 spiro atoms. The van der Waals surface area contributed by atoms with Crippen LogP contribution in [0.5, 0.6) is 0 Å². The molecule has 0 bridgehead atoms. The van der Waals surface area contributed by atoms with Crippen molar-refractivity contribution in [2.75, 3.05) is 11.1 Å². The van der Waals surface area contributed by atoms with Crippen LogP contribution in [-0.2, 0) is 12.4 Å². The van der Waals surface area contributed by atoms with Crippen molar-refractivity contribution in [1.29, 1.82) is 0 Å². The Bertz CT molecular complexity index is 1080. The van der Waals surface area contributed by atoms with Crippen molar-refractivity contribution >= 4 is 55.5 Å². The van der Waals surface area contributed by atoms with Crippen molar-refractivity contribution in [2.45, 2.75) is 12.4 Å². The number of halogens is 7. The van der Waals surface area contributed by atoms with Crippen molar-refractivity contribution < 1.29 is 31.1 Å². The van der Waals surface area contributed by atoms with Crippen LogP contribution in [-0.4, -0.2) is 21.2 Å². The van der Waals surface area contributed by atoms with Crippen LogP contribution in [0.4, 0.5) is 31.5 Å². The van der Waals surface area contributed by atoms with E-state index in [0.717, 1.165) is 24.3 Å². The van der Waals surface area contributed by atoms with Crippen LogP contribution >= 0.6 is 39.5 Å². The Labute approximate surface area is 208 Å². The van der Waals surface area contributed by atoms with Gasteiger partial charge in [-0.1, -0.05) is 40.2 Å². The van der Waals surface area contributed by atoms with Gasteiger partial charge in [0.15, 0.2) is 16.0 Å². The van der Waals surface area contributed by atoms with Gasteiger partial charge in [-0.3, -0.25) is 4.79 Å². The first-order valence-electron chi connectivity index (χ1n) is 8.85. The fraction of sp³-hybridized carbons (Fsp3) is 0.150. The number of rotatable bonds is 3. The first-order chi connectivity index (χ1) is 15.6. The van der Waals surface area contributed by atoms with Gasteiger partial charge in [-0.05, 0) is 36.5 Å².